The van der Waals surface area contributed by atoms with Gasteiger partial charge in [0.1, 0.15) is 6.61 Å². The monoisotopic (exact) mass is 286 g/mol. The van der Waals surface area contributed by atoms with Gasteiger partial charge in [0.05, 0.1) is 11.9 Å². The van der Waals surface area contributed by atoms with Gasteiger partial charge in [-0.2, -0.15) is 0 Å². The third-order valence-corrected chi connectivity index (χ3v) is 2.36. The fraction of sp³-hybridized carbons (Fsp3) is 0.250. The van der Waals surface area contributed by atoms with E-state index in [1.165, 1.54) is 0 Å². The summed E-state index contributed by atoms with van der Waals surface area (Å²) in [7, 11) is 0. The first-order valence-corrected chi connectivity index (χ1v) is 5.96. The number of halogens is 2. The maximum atomic E-state index is 12.3. The van der Waals surface area contributed by atoms with Crippen LogP contribution in [0.2, 0.25) is 0 Å². The Morgan fingerprint density at radius 3 is 2.62 bits per heavy atom. The lowest BCUT2D eigenvalue weighted by Crippen LogP contribution is -2.08. The van der Waals surface area contributed by atoms with Gasteiger partial charge in [-0.25, -0.2) is 9.18 Å². The standard InChI is InChI=1S/C12H12BrFO2/c13-7-6-10(8-14)9-16-12(15)11-4-2-1-3-5-11/h1-5,8H,6-7,9H2/b10-8+. The predicted molar refractivity (Wildman–Crippen MR) is 64.3 cm³/mol. The molecule has 0 aliphatic carbocycles. The molecule has 1 rings (SSSR count). The molecule has 16 heavy (non-hydrogen) atoms. The van der Waals surface area contributed by atoms with Gasteiger partial charge in [0.2, 0.25) is 0 Å². The number of hydrogen-bond donors (Lipinski definition) is 0. The van der Waals surface area contributed by atoms with Crippen LogP contribution in [0.15, 0.2) is 42.2 Å². The molecule has 86 valence electrons. The highest BCUT2D eigenvalue weighted by Gasteiger charge is 2.07. The van der Waals surface area contributed by atoms with Crippen molar-refractivity contribution in [2.24, 2.45) is 0 Å². The van der Waals surface area contributed by atoms with E-state index in [4.69, 9.17) is 4.74 Å². The van der Waals surface area contributed by atoms with Crippen LogP contribution < -0.4 is 0 Å². The van der Waals surface area contributed by atoms with Crippen molar-refractivity contribution in [1.29, 1.82) is 0 Å². The molecule has 2 nitrogen and oxygen atoms in total. The van der Waals surface area contributed by atoms with Crippen molar-refractivity contribution in [3.05, 3.63) is 47.8 Å². The number of alkyl halides is 1. The van der Waals surface area contributed by atoms with Gasteiger partial charge in [-0.1, -0.05) is 34.1 Å². The number of rotatable bonds is 5. The molecule has 0 fully saturated rings. The van der Waals surface area contributed by atoms with Gasteiger partial charge in [0.25, 0.3) is 0 Å². The van der Waals surface area contributed by atoms with Crippen LogP contribution in [0, 0.1) is 0 Å². The highest BCUT2D eigenvalue weighted by atomic mass is 79.9. The van der Waals surface area contributed by atoms with Gasteiger partial charge >= 0.3 is 5.97 Å². The molecule has 0 aromatic heterocycles. The number of esters is 1. The number of carbonyl (C=O) groups excluding carboxylic acids is 1. The Kier molecular flexibility index (Phi) is 5.78. The smallest absolute Gasteiger partial charge is 0.338 e. The Morgan fingerprint density at radius 2 is 2.06 bits per heavy atom. The second kappa shape index (κ2) is 7.17. The Bertz CT molecular complexity index is 363. The zero-order valence-corrected chi connectivity index (χ0v) is 10.2. The molecule has 0 amide bonds. The largest absolute Gasteiger partial charge is 0.457 e. The van der Waals surface area contributed by atoms with Crippen molar-refractivity contribution in [2.45, 2.75) is 6.42 Å². The van der Waals surface area contributed by atoms with E-state index in [9.17, 15) is 9.18 Å². The van der Waals surface area contributed by atoms with E-state index in [0.717, 1.165) is 0 Å². The molecule has 0 saturated heterocycles. The van der Waals surface area contributed by atoms with Crippen LogP contribution in [0.1, 0.15) is 16.8 Å². The summed E-state index contributed by atoms with van der Waals surface area (Å²) in [6, 6.07) is 8.63. The van der Waals surface area contributed by atoms with Gasteiger partial charge in [-0.15, -0.1) is 0 Å². The maximum absolute atomic E-state index is 12.3. The molecule has 0 aliphatic rings. The van der Waals surface area contributed by atoms with E-state index >= 15 is 0 Å². The lowest BCUT2D eigenvalue weighted by Gasteiger charge is -2.06. The summed E-state index contributed by atoms with van der Waals surface area (Å²) in [5.41, 5.74) is 0.931. The van der Waals surface area contributed by atoms with Gasteiger partial charge in [0.15, 0.2) is 0 Å². The first-order valence-electron chi connectivity index (χ1n) is 4.84. The zero-order valence-electron chi connectivity index (χ0n) is 8.66. The molecule has 1 aromatic rings. The lowest BCUT2D eigenvalue weighted by atomic mass is 10.2. The summed E-state index contributed by atoms with van der Waals surface area (Å²) in [4.78, 5) is 11.5. The van der Waals surface area contributed by atoms with Crippen LogP contribution in [0.3, 0.4) is 0 Å². The van der Waals surface area contributed by atoms with Crippen molar-refractivity contribution >= 4 is 21.9 Å². The van der Waals surface area contributed by atoms with Crippen molar-refractivity contribution in [3.63, 3.8) is 0 Å². The third-order valence-electron chi connectivity index (χ3n) is 1.97. The summed E-state index contributed by atoms with van der Waals surface area (Å²) in [6.07, 6.45) is 1.01. The second-order valence-corrected chi connectivity index (χ2v) is 3.94. The molecule has 0 atom stereocenters. The molecule has 0 bridgehead atoms. The van der Waals surface area contributed by atoms with Crippen molar-refractivity contribution in [3.8, 4) is 0 Å². The third kappa shape index (κ3) is 4.14. The Labute approximate surface area is 102 Å². The molecule has 1 aromatic carbocycles. The summed E-state index contributed by atoms with van der Waals surface area (Å²) < 4.78 is 17.3. The molecule has 0 radical (unpaired) electrons. The van der Waals surface area contributed by atoms with Crippen LogP contribution in [0.5, 0.6) is 0 Å². The maximum Gasteiger partial charge on any atom is 0.338 e. The molecule has 0 N–H and O–H groups in total. The molecule has 4 heteroatoms. The molecule has 0 aliphatic heterocycles. The zero-order chi connectivity index (χ0) is 11.8. The summed E-state index contributed by atoms with van der Waals surface area (Å²) in [5, 5.41) is 0.644. The van der Waals surface area contributed by atoms with Crippen molar-refractivity contribution in [2.75, 3.05) is 11.9 Å². The highest BCUT2D eigenvalue weighted by molar-refractivity contribution is 9.09. The SMILES string of the molecule is O=C(OC/C(=C/F)CCBr)c1ccccc1. The molecule has 0 spiro atoms. The van der Waals surface area contributed by atoms with E-state index in [-0.39, 0.29) is 6.61 Å². The molecule has 0 saturated carbocycles. The van der Waals surface area contributed by atoms with Gasteiger partial charge in [0, 0.05) is 5.33 Å². The normalized spacial score (nSPS) is 11.2. The van der Waals surface area contributed by atoms with Gasteiger partial charge in [-0.3, -0.25) is 0 Å². The Hall–Kier alpha value is -1.16. The van der Waals surface area contributed by atoms with Gasteiger partial charge in [-0.05, 0) is 24.1 Å². The topological polar surface area (TPSA) is 26.3 Å². The van der Waals surface area contributed by atoms with Crippen LogP contribution >= 0.6 is 15.9 Å². The van der Waals surface area contributed by atoms with Crippen LogP contribution in [0.4, 0.5) is 4.39 Å². The quantitative estimate of drug-likeness (QED) is 0.612. The predicted octanol–water partition coefficient (Wildman–Crippen LogP) is 3.48. The number of carbonyl (C=O) groups is 1. The van der Waals surface area contributed by atoms with E-state index in [1.807, 2.05) is 6.07 Å². The van der Waals surface area contributed by atoms with Crippen molar-refractivity contribution < 1.29 is 13.9 Å². The van der Waals surface area contributed by atoms with E-state index in [0.29, 0.717) is 29.2 Å². The summed E-state index contributed by atoms with van der Waals surface area (Å²) >= 11 is 3.19. The number of ether oxygens (including phenoxy) is 1. The first-order chi connectivity index (χ1) is 7.77. The van der Waals surface area contributed by atoms with Gasteiger partial charge < -0.3 is 4.74 Å². The summed E-state index contributed by atoms with van der Waals surface area (Å²) in [6.45, 7) is -0.00414. The average molecular weight is 287 g/mol. The van der Waals surface area contributed by atoms with E-state index in [2.05, 4.69) is 15.9 Å². The van der Waals surface area contributed by atoms with Crippen LogP contribution in [-0.2, 0) is 4.74 Å². The van der Waals surface area contributed by atoms with E-state index in [1.54, 1.807) is 24.3 Å². The second-order valence-electron chi connectivity index (χ2n) is 3.15. The Morgan fingerprint density at radius 1 is 1.38 bits per heavy atom. The minimum Gasteiger partial charge on any atom is -0.457 e. The molecule has 0 heterocycles. The Balaban J connectivity index is 2.47. The summed E-state index contributed by atoms with van der Waals surface area (Å²) in [5.74, 6) is -0.436. The minimum absolute atomic E-state index is 0.00414. The number of benzene rings is 1. The highest BCUT2D eigenvalue weighted by Crippen LogP contribution is 2.07. The van der Waals surface area contributed by atoms with Crippen LogP contribution in [0.25, 0.3) is 0 Å². The minimum atomic E-state index is -0.436. The fourth-order valence-corrected chi connectivity index (χ4v) is 1.60. The molecule has 0 unspecified atom stereocenters. The molecular formula is C12H12BrFO2. The molecular weight excluding hydrogens is 275 g/mol. The van der Waals surface area contributed by atoms with Crippen molar-refractivity contribution in [1.82, 2.24) is 0 Å². The number of hydrogen-bond acceptors (Lipinski definition) is 2. The fourth-order valence-electron chi connectivity index (χ4n) is 1.10. The average Bonchev–Trinajstić information content (AvgIpc) is 2.35. The first kappa shape index (κ1) is 12.9. The van der Waals surface area contributed by atoms with Crippen LogP contribution in [-0.4, -0.2) is 17.9 Å². The lowest BCUT2D eigenvalue weighted by molar-refractivity contribution is 0.0537. The van der Waals surface area contributed by atoms with E-state index < -0.39 is 5.97 Å².